The van der Waals surface area contributed by atoms with Crippen LogP contribution in [0.5, 0.6) is 5.75 Å². The fraction of sp³-hybridized carbons (Fsp3) is 0.294. The summed E-state index contributed by atoms with van der Waals surface area (Å²) in [4.78, 5) is 0. The molecule has 0 aliphatic carbocycles. The zero-order valence-electron chi connectivity index (χ0n) is 11.8. The molecule has 2 aromatic carbocycles. The summed E-state index contributed by atoms with van der Waals surface area (Å²) in [5.74, 6) is 0.749. The SMILES string of the molecule is COCc1cccc(C2C[C@@H](O)c3cc(Br)ccc3O2)c1. The molecule has 0 spiro atoms. The highest BCUT2D eigenvalue weighted by Crippen LogP contribution is 2.41. The van der Waals surface area contributed by atoms with Gasteiger partial charge >= 0.3 is 0 Å². The van der Waals surface area contributed by atoms with Gasteiger partial charge in [-0.25, -0.2) is 0 Å². The van der Waals surface area contributed by atoms with Gasteiger partial charge in [0.25, 0.3) is 0 Å². The highest BCUT2D eigenvalue weighted by molar-refractivity contribution is 9.10. The molecule has 0 fully saturated rings. The molecule has 1 N–H and O–H groups in total. The second-order valence-electron chi connectivity index (χ2n) is 5.22. The zero-order chi connectivity index (χ0) is 14.8. The van der Waals surface area contributed by atoms with E-state index < -0.39 is 6.10 Å². The second kappa shape index (κ2) is 6.18. The molecule has 3 nitrogen and oxygen atoms in total. The number of benzene rings is 2. The maximum Gasteiger partial charge on any atom is 0.127 e. The van der Waals surface area contributed by atoms with Crippen molar-refractivity contribution >= 4 is 15.9 Å². The predicted octanol–water partition coefficient (Wildman–Crippen LogP) is 4.15. The number of hydrogen-bond acceptors (Lipinski definition) is 3. The lowest BCUT2D eigenvalue weighted by Gasteiger charge is -2.30. The van der Waals surface area contributed by atoms with Crippen LogP contribution >= 0.6 is 15.9 Å². The Morgan fingerprint density at radius 3 is 2.95 bits per heavy atom. The molecule has 2 atom stereocenters. The van der Waals surface area contributed by atoms with Gasteiger partial charge < -0.3 is 14.6 Å². The summed E-state index contributed by atoms with van der Waals surface area (Å²) in [6.45, 7) is 0.576. The Hall–Kier alpha value is -1.36. The highest BCUT2D eigenvalue weighted by atomic mass is 79.9. The van der Waals surface area contributed by atoms with Crippen molar-refractivity contribution in [2.45, 2.75) is 25.2 Å². The standard InChI is InChI=1S/C17H17BrO3/c1-20-10-11-3-2-4-12(7-11)17-9-15(19)14-8-13(18)5-6-16(14)21-17/h2-8,15,17,19H,9-10H2,1H3/t15-,17?/m1/s1. The molecule has 3 rings (SSSR count). The first-order valence-corrected chi connectivity index (χ1v) is 7.68. The molecule has 1 heterocycles. The number of hydrogen-bond donors (Lipinski definition) is 1. The third kappa shape index (κ3) is 3.12. The molecule has 110 valence electrons. The van der Waals surface area contributed by atoms with Crippen LogP contribution in [-0.2, 0) is 11.3 Å². The van der Waals surface area contributed by atoms with Gasteiger partial charge in [-0.05, 0) is 35.4 Å². The summed E-state index contributed by atoms with van der Waals surface area (Å²) in [6, 6.07) is 13.9. The molecule has 1 aliphatic heterocycles. The van der Waals surface area contributed by atoms with Crippen molar-refractivity contribution < 1.29 is 14.6 Å². The van der Waals surface area contributed by atoms with E-state index >= 15 is 0 Å². The van der Waals surface area contributed by atoms with E-state index in [0.29, 0.717) is 13.0 Å². The van der Waals surface area contributed by atoms with Gasteiger partial charge in [0.1, 0.15) is 11.9 Å². The first-order valence-electron chi connectivity index (χ1n) is 6.89. The Morgan fingerprint density at radius 1 is 1.29 bits per heavy atom. The first kappa shape index (κ1) is 14.6. The lowest BCUT2D eigenvalue weighted by Crippen LogP contribution is -2.19. The highest BCUT2D eigenvalue weighted by Gasteiger charge is 2.28. The van der Waals surface area contributed by atoms with Crippen LogP contribution in [0, 0.1) is 0 Å². The molecule has 0 saturated carbocycles. The summed E-state index contributed by atoms with van der Waals surface area (Å²) in [7, 11) is 1.68. The van der Waals surface area contributed by atoms with E-state index in [1.165, 1.54) is 0 Å². The first-order chi connectivity index (χ1) is 10.2. The van der Waals surface area contributed by atoms with Gasteiger partial charge in [0.2, 0.25) is 0 Å². The van der Waals surface area contributed by atoms with Crippen molar-refractivity contribution in [1.29, 1.82) is 0 Å². The van der Waals surface area contributed by atoms with E-state index in [2.05, 4.69) is 22.0 Å². The Balaban J connectivity index is 1.88. The molecular formula is C17H17BrO3. The summed E-state index contributed by atoms with van der Waals surface area (Å²) in [6.07, 6.45) is -0.0901. The summed E-state index contributed by atoms with van der Waals surface area (Å²) in [5, 5.41) is 10.4. The van der Waals surface area contributed by atoms with Crippen molar-refractivity contribution in [3.05, 3.63) is 63.6 Å². The molecule has 1 unspecified atom stereocenters. The largest absolute Gasteiger partial charge is 0.485 e. The van der Waals surface area contributed by atoms with Gasteiger partial charge in [0.15, 0.2) is 0 Å². The van der Waals surface area contributed by atoms with E-state index in [4.69, 9.17) is 9.47 Å². The summed E-state index contributed by atoms with van der Waals surface area (Å²) >= 11 is 3.42. The molecule has 0 bridgehead atoms. The van der Waals surface area contributed by atoms with Gasteiger partial charge in [-0.1, -0.05) is 34.1 Å². The van der Waals surface area contributed by atoms with Crippen LogP contribution in [-0.4, -0.2) is 12.2 Å². The van der Waals surface area contributed by atoms with Gasteiger partial charge in [-0.2, -0.15) is 0 Å². The minimum absolute atomic E-state index is 0.134. The smallest absolute Gasteiger partial charge is 0.127 e. The van der Waals surface area contributed by atoms with Gasteiger partial charge in [-0.3, -0.25) is 0 Å². The molecule has 4 heteroatoms. The zero-order valence-corrected chi connectivity index (χ0v) is 13.3. The number of aliphatic hydroxyl groups is 1. The Bertz CT molecular complexity index is 642. The van der Waals surface area contributed by atoms with Crippen LogP contribution < -0.4 is 4.74 Å². The van der Waals surface area contributed by atoms with Crippen LogP contribution in [0.1, 0.15) is 35.3 Å². The normalized spacial score (nSPS) is 20.7. The lowest BCUT2D eigenvalue weighted by atomic mass is 9.94. The average molecular weight is 349 g/mol. The third-order valence-electron chi connectivity index (χ3n) is 3.67. The van der Waals surface area contributed by atoms with Crippen molar-refractivity contribution in [3.8, 4) is 5.75 Å². The molecule has 1 aliphatic rings. The fourth-order valence-electron chi connectivity index (χ4n) is 2.67. The van der Waals surface area contributed by atoms with Crippen LogP contribution in [0.15, 0.2) is 46.9 Å². The second-order valence-corrected chi connectivity index (χ2v) is 6.13. The van der Waals surface area contributed by atoms with Crippen LogP contribution in [0.3, 0.4) is 0 Å². The predicted molar refractivity (Wildman–Crippen MR) is 84.2 cm³/mol. The van der Waals surface area contributed by atoms with Crippen LogP contribution in [0.4, 0.5) is 0 Å². The molecule has 0 saturated heterocycles. The van der Waals surface area contributed by atoms with Crippen molar-refractivity contribution in [1.82, 2.24) is 0 Å². The Morgan fingerprint density at radius 2 is 2.14 bits per heavy atom. The van der Waals surface area contributed by atoms with E-state index in [1.807, 2.05) is 36.4 Å². The molecule has 2 aromatic rings. The quantitative estimate of drug-likeness (QED) is 0.905. The molecule has 0 radical (unpaired) electrons. The van der Waals surface area contributed by atoms with E-state index in [1.54, 1.807) is 7.11 Å². The molecule has 0 amide bonds. The minimum Gasteiger partial charge on any atom is -0.485 e. The molecule has 0 aromatic heterocycles. The van der Waals surface area contributed by atoms with Gasteiger partial charge in [-0.15, -0.1) is 0 Å². The Labute approximate surface area is 132 Å². The number of fused-ring (bicyclic) bond motifs is 1. The number of methoxy groups -OCH3 is 1. The van der Waals surface area contributed by atoms with Crippen LogP contribution in [0.25, 0.3) is 0 Å². The van der Waals surface area contributed by atoms with Crippen molar-refractivity contribution in [2.24, 2.45) is 0 Å². The number of halogens is 1. The van der Waals surface area contributed by atoms with Crippen molar-refractivity contribution in [3.63, 3.8) is 0 Å². The van der Waals surface area contributed by atoms with E-state index in [0.717, 1.165) is 26.9 Å². The summed E-state index contributed by atoms with van der Waals surface area (Å²) < 4.78 is 12.2. The number of aliphatic hydroxyl groups excluding tert-OH is 1. The average Bonchev–Trinajstić information content (AvgIpc) is 2.48. The third-order valence-corrected chi connectivity index (χ3v) is 4.16. The fourth-order valence-corrected chi connectivity index (χ4v) is 3.05. The number of ether oxygens (including phenoxy) is 2. The van der Waals surface area contributed by atoms with E-state index in [9.17, 15) is 5.11 Å². The van der Waals surface area contributed by atoms with E-state index in [-0.39, 0.29) is 6.10 Å². The maximum absolute atomic E-state index is 10.4. The summed E-state index contributed by atoms with van der Waals surface area (Å²) in [5.41, 5.74) is 3.01. The number of rotatable bonds is 3. The minimum atomic E-state index is -0.512. The lowest BCUT2D eigenvalue weighted by molar-refractivity contribution is 0.0655. The molecular weight excluding hydrogens is 332 g/mol. The monoisotopic (exact) mass is 348 g/mol. The molecule has 21 heavy (non-hydrogen) atoms. The Kier molecular flexibility index (Phi) is 4.29. The van der Waals surface area contributed by atoms with Crippen molar-refractivity contribution in [2.75, 3.05) is 7.11 Å². The topological polar surface area (TPSA) is 38.7 Å². The van der Waals surface area contributed by atoms with Crippen LogP contribution in [0.2, 0.25) is 0 Å². The van der Waals surface area contributed by atoms with Gasteiger partial charge in [0.05, 0.1) is 12.7 Å². The van der Waals surface area contributed by atoms with Gasteiger partial charge in [0, 0.05) is 23.6 Å². The maximum atomic E-state index is 10.4.